The molecule has 0 bridgehead atoms. The topological polar surface area (TPSA) is 68.0 Å². The number of nitrogens with one attached hydrogen (secondary N) is 1. The summed E-state index contributed by atoms with van der Waals surface area (Å²) in [5.41, 5.74) is 2.25. The van der Waals surface area contributed by atoms with Gasteiger partial charge in [-0.05, 0) is 17.7 Å². The molecule has 0 atom stereocenters. The highest BCUT2D eigenvalue weighted by atomic mass is 16.2. The molecule has 0 unspecified atom stereocenters. The van der Waals surface area contributed by atoms with Crippen molar-refractivity contribution in [1.29, 1.82) is 0 Å². The van der Waals surface area contributed by atoms with Crippen LogP contribution >= 0.6 is 0 Å². The zero-order valence-corrected chi connectivity index (χ0v) is 13.9. The van der Waals surface area contributed by atoms with E-state index >= 15 is 0 Å². The van der Waals surface area contributed by atoms with Crippen LogP contribution in [0.3, 0.4) is 0 Å². The Morgan fingerprint density at radius 3 is 2.88 bits per heavy atom. The van der Waals surface area contributed by atoms with E-state index in [1.165, 1.54) is 5.56 Å². The molecule has 3 aromatic rings. The summed E-state index contributed by atoms with van der Waals surface area (Å²) >= 11 is 0. The van der Waals surface area contributed by atoms with Crippen LogP contribution < -0.4 is 5.32 Å². The van der Waals surface area contributed by atoms with Crippen molar-refractivity contribution in [2.24, 2.45) is 0 Å². The molecule has 25 heavy (non-hydrogen) atoms. The van der Waals surface area contributed by atoms with Gasteiger partial charge in [0.2, 0.25) is 0 Å². The van der Waals surface area contributed by atoms with E-state index in [-0.39, 0.29) is 6.03 Å². The maximum atomic E-state index is 11.7. The number of rotatable bonds is 6. The Morgan fingerprint density at radius 1 is 1.12 bits per heavy atom. The van der Waals surface area contributed by atoms with Crippen molar-refractivity contribution < 1.29 is 4.79 Å². The molecule has 3 heterocycles. The van der Waals surface area contributed by atoms with Crippen LogP contribution in [-0.4, -0.2) is 49.9 Å². The summed E-state index contributed by atoms with van der Waals surface area (Å²) in [6, 6.07) is 10.3. The Labute approximate surface area is 145 Å². The Balaban J connectivity index is 1.50. The molecule has 1 aliphatic rings. The molecule has 0 aliphatic carbocycles. The Kier molecular flexibility index (Phi) is 4.20. The largest absolute Gasteiger partial charge is 0.336 e. The Bertz CT molecular complexity index is 854. The van der Waals surface area contributed by atoms with Crippen LogP contribution in [-0.2, 0) is 13.1 Å². The molecular weight excluding hydrogens is 316 g/mol. The molecule has 1 saturated heterocycles. The van der Waals surface area contributed by atoms with Gasteiger partial charge in [0.25, 0.3) is 0 Å². The van der Waals surface area contributed by atoms with Gasteiger partial charge in [-0.2, -0.15) is 5.10 Å². The summed E-state index contributed by atoms with van der Waals surface area (Å²) in [5.74, 6) is 0.918. The molecule has 1 aromatic carbocycles. The smallest absolute Gasteiger partial charge is 0.317 e. The fourth-order valence-electron chi connectivity index (χ4n) is 3.09. The molecule has 128 valence electrons. The lowest BCUT2D eigenvalue weighted by Gasteiger charge is -2.15. The van der Waals surface area contributed by atoms with Crippen molar-refractivity contribution in [3.63, 3.8) is 0 Å². The summed E-state index contributed by atoms with van der Waals surface area (Å²) in [5, 5.41) is 7.08. The number of imidazole rings is 1. The third kappa shape index (κ3) is 3.40. The number of hydrogen-bond donors (Lipinski definition) is 1. The average molecular weight is 336 g/mol. The second-order valence-electron chi connectivity index (χ2n) is 6.07. The van der Waals surface area contributed by atoms with E-state index in [0.717, 1.165) is 37.6 Å². The Morgan fingerprint density at radius 2 is 2.08 bits per heavy atom. The fraction of sp³-hybridized carbons (Fsp3) is 0.278. The zero-order valence-electron chi connectivity index (χ0n) is 13.9. The monoisotopic (exact) mass is 336 g/mol. The standard InChI is InChI=1S/C18H20N6O/c25-18-20-7-10-23(18)12-11-22-9-6-19-17(22)16-4-1-3-15(13-16)14-24-8-2-5-21-24/h1-6,8-9,13H,7,10-12,14H2,(H,20,25). The summed E-state index contributed by atoms with van der Waals surface area (Å²) in [6.45, 7) is 3.64. The third-order valence-corrected chi connectivity index (χ3v) is 4.36. The van der Waals surface area contributed by atoms with E-state index in [1.807, 2.05) is 34.1 Å². The lowest BCUT2D eigenvalue weighted by Crippen LogP contribution is -2.31. The molecule has 2 amide bonds. The fourth-order valence-corrected chi connectivity index (χ4v) is 3.09. The molecular formula is C18H20N6O. The molecule has 0 saturated carbocycles. The highest BCUT2D eigenvalue weighted by molar-refractivity contribution is 5.76. The first-order valence-electron chi connectivity index (χ1n) is 8.40. The van der Waals surface area contributed by atoms with Crippen LogP contribution in [0.15, 0.2) is 55.1 Å². The van der Waals surface area contributed by atoms with E-state index in [2.05, 4.69) is 38.2 Å². The van der Waals surface area contributed by atoms with E-state index in [4.69, 9.17) is 0 Å². The van der Waals surface area contributed by atoms with Gasteiger partial charge in [0.1, 0.15) is 5.82 Å². The first kappa shape index (κ1) is 15.4. The van der Waals surface area contributed by atoms with Gasteiger partial charge < -0.3 is 14.8 Å². The number of amides is 2. The quantitative estimate of drug-likeness (QED) is 0.746. The van der Waals surface area contributed by atoms with Crippen molar-refractivity contribution in [2.75, 3.05) is 19.6 Å². The third-order valence-electron chi connectivity index (χ3n) is 4.36. The number of benzene rings is 1. The minimum Gasteiger partial charge on any atom is -0.336 e. The molecule has 0 spiro atoms. The molecule has 1 aliphatic heterocycles. The van der Waals surface area contributed by atoms with Crippen molar-refractivity contribution in [3.05, 3.63) is 60.7 Å². The van der Waals surface area contributed by atoms with Crippen LogP contribution in [0.5, 0.6) is 0 Å². The summed E-state index contributed by atoms with van der Waals surface area (Å²) in [6.07, 6.45) is 7.50. The van der Waals surface area contributed by atoms with Gasteiger partial charge in [-0.25, -0.2) is 9.78 Å². The number of nitrogens with zero attached hydrogens (tertiary/aromatic N) is 5. The second kappa shape index (κ2) is 6.80. The molecule has 0 radical (unpaired) electrons. The van der Waals surface area contributed by atoms with E-state index in [0.29, 0.717) is 6.54 Å². The SMILES string of the molecule is O=C1NCCN1CCn1ccnc1-c1cccc(Cn2cccn2)c1. The van der Waals surface area contributed by atoms with Crippen LogP contribution in [0.2, 0.25) is 0 Å². The van der Waals surface area contributed by atoms with Crippen LogP contribution in [0, 0.1) is 0 Å². The number of carbonyl (C=O) groups excluding carboxylic acids is 1. The van der Waals surface area contributed by atoms with E-state index < -0.39 is 0 Å². The van der Waals surface area contributed by atoms with Gasteiger partial charge in [-0.1, -0.05) is 18.2 Å². The number of hydrogen-bond acceptors (Lipinski definition) is 3. The van der Waals surface area contributed by atoms with Crippen molar-refractivity contribution >= 4 is 6.03 Å². The molecule has 1 fully saturated rings. The van der Waals surface area contributed by atoms with Gasteiger partial charge in [-0.15, -0.1) is 0 Å². The molecule has 4 rings (SSSR count). The molecule has 7 heteroatoms. The highest BCUT2D eigenvalue weighted by Gasteiger charge is 2.19. The lowest BCUT2D eigenvalue weighted by molar-refractivity contribution is 0.215. The maximum Gasteiger partial charge on any atom is 0.317 e. The lowest BCUT2D eigenvalue weighted by atomic mass is 10.1. The predicted octanol–water partition coefficient (Wildman–Crippen LogP) is 1.82. The van der Waals surface area contributed by atoms with Crippen molar-refractivity contribution in [2.45, 2.75) is 13.1 Å². The molecule has 2 aromatic heterocycles. The first-order valence-corrected chi connectivity index (χ1v) is 8.40. The predicted molar refractivity (Wildman–Crippen MR) is 94.0 cm³/mol. The van der Waals surface area contributed by atoms with Crippen LogP contribution in [0.4, 0.5) is 4.79 Å². The number of carbonyl (C=O) groups is 1. The average Bonchev–Trinajstić information content (AvgIpc) is 3.35. The maximum absolute atomic E-state index is 11.7. The minimum absolute atomic E-state index is 0.0166. The molecule has 7 nitrogen and oxygen atoms in total. The van der Waals surface area contributed by atoms with Gasteiger partial charge >= 0.3 is 6.03 Å². The van der Waals surface area contributed by atoms with Crippen LogP contribution in [0.25, 0.3) is 11.4 Å². The summed E-state index contributed by atoms with van der Waals surface area (Å²) < 4.78 is 4.00. The van der Waals surface area contributed by atoms with E-state index in [1.54, 1.807) is 12.4 Å². The number of urea groups is 1. The van der Waals surface area contributed by atoms with Gasteiger partial charge in [0, 0.05) is 56.5 Å². The van der Waals surface area contributed by atoms with Gasteiger partial charge in [0.05, 0.1) is 6.54 Å². The minimum atomic E-state index is 0.0166. The molecule has 1 N–H and O–H groups in total. The summed E-state index contributed by atoms with van der Waals surface area (Å²) in [4.78, 5) is 18.0. The zero-order chi connectivity index (χ0) is 17.1. The normalized spacial score (nSPS) is 14.1. The number of aromatic nitrogens is 4. The Hall–Kier alpha value is -3.09. The van der Waals surface area contributed by atoms with Gasteiger partial charge in [0.15, 0.2) is 0 Å². The van der Waals surface area contributed by atoms with Crippen LogP contribution in [0.1, 0.15) is 5.56 Å². The first-order chi connectivity index (χ1) is 12.3. The van der Waals surface area contributed by atoms with Gasteiger partial charge in [-0.3, -0.25) is 4.68 Å². The second-order valence-corrected chi connectivity index (χ2v) is 6.07. The summed E-state index contributed by atoms with van der Waals surface area (Å²) in [7, 11) is 0. The van der Waals surface area contributed by atoms with Crippen molar-refractivity contribution in [3.8, 4) is 11.4 Å². The van der Waals surface area contributed by atoms with E-state index in [9.17, 15) is 4.79 Å². The highest BCUT2D eigenvalue weighted by Crippen LogP contribution is 2.19. The van der Waals surface area contributed by atoms with Crippen molar-refractivity contribution in [1.82, 2.24) is 29.5 Å².